The Bertz CT molecular complexity index is 525. The predicted molar refractivity (Wildman–Crippen MR) is 75.0 cm³/mol. The molecule has 0 aliphatic heterocycles. The summed E-state index contributed by atoms with van der Waals surface area (Å²) in [7, 11) is 0. The normalized spacial score (nSPS) is 10.3. The first kappa shape index (κ1) is 12.5. The quantitative estimate of drug-likeness (QED) is 0.700. The van der Waals surface area contributed by atoms with Crippen LogP contribution < -0.4 is 4.74 Å². The highest BCUT2D eigenvalue weighted by atomic mass is 79.9. The first-order chi connectivity index (χ1) is 8.19. The highest BCUT2D eigenvalue weighted by Crippen LogP contribution is 2.26. The molecule has 0 spiro atoms. The summed E-state index contributed by atoms with van der Waals surface area (Å²) in [6, 6.07) is 13.7. The molecule has 0 saturated carbocycles. The average Bonchev–Trinajstić information content (AvgIpc) is 2.29. The number of rotatable bonds is 3. The van der Waals surface area contributed by atoms with E-state index in [1.54, 1.807) is 0 Å². The molecular formula is C14H12BrClO. The van der Waals surface area contributed by atoms with Crippen molar-refractivity contribution in [3.05, 3.63) is 58.1 Å². The molecule has 2 aromatic rings. The summed E-state index contributed by atoms with van der Waals surface area (Å²) in [4.78, 5) is 0. The van der Waals surface area contributed by atoms with Crippen LogP contribution in [0.15, 0.2) is 46.9 Å². The molecular weight excluding hydrogens is 300 g/mol. The molecule has 0 bridgehead atoms. The van der Waals surface area contributed by atoms with Gasteiger partial charge < -0.3 is 4.74 Å². The zero-order chi connectivity index (χ0) is 12.3. The molecule has 3 heteroatoms. The van der Waals surface area contributed by atoms with Crippen molar-refractivity contribution in [1.29, 1.82) is 0 Å². The van der Waals surface area contributed by atoms with Gasteiger partial charge in [-0.3, -0.25) is 0 Å². The molecule has 0 saturated heterocycles. The number of benzene rings is 2. The predicted octanol–water partition coefficient (Wildman–Crippen LogP) is 5.29. The molecule has 0 fully saturated rings. The van der Waals surface area contributed by atoms with E-state index in [1.807, 2.05) is 49.4 Å². The fraction of sp³-hybridized carbons (Fsp3) is 0.143. The molecule has 0 radical (unpaired) electrons. The zero-order valence-electron chi connectivity index (χ0n) is 9.41. The standard InChI is InChI=1S/C14H12BrClO/c1-10-7-14(6-5-11(10)9-16)17-13-4-2-3-12(15)8-13/h2-8H,9H2,1H3. The Labute approximate surface area is 115 Å². The van der Waals surface area contributed by atoms with Gasteiger partial charge in [0.15, 0.2) is 0 Å². The van der Waals surface area contributed by atoms with Gasteiger partial charge in [0.1, 0.15) is 11.5 Å². The number of hydrogen-bond acceptors (Lipinski definition) is 1. The second-order valence-electron chi connectivity index (χ2n) is 3.78. The van der Waals surface area contributed by atoms with Crippen LogP contribution in [0.25, 0.3) is 0 Å². The number of ether oxygens (including phenoxy) is 1. The van der Waals surface area contributed by atoms with Crippen LogP contribution in [0, 0.1) is 6.92 Å². The Morgan fingerprint density at radius 1 is 1.12 bits per heavy atom. The molecule has 17 heavy (non-hydrogen) atoms. The van der Waals surface area contributed by atoms with E-state index in [9.17, 15) is 0 Å². The molecule has 0 aliphatic rings. The lowest BCUT2D eigenvalue weighted by molar-refractivity contribution is 0.482. The smallest absolute Gasteiger partial charge is 0.128 e. The summed E-state index contributed by atoms with van der Waals surface area (Å²) in [5, 5.41) is 0. The number of aryl methyl sites for hydroxylation is 1. The molecule has 2 rings (SSSR count). The van der Waals surface area contributed by atoms with Crippen LogP contribution in [0.3, 0.4) is 0 Å². The van der Waals surface area contributed by atoms with Crippen molar-refractivity contribution in [3.63, 3.8) is 0 Å². The van der Waals surface area contributed by atoms with Gasteiger partial charge in [0, 0.05) is 10.4 Å². The Balaban J connectivity index is 2.22. The van der Waals surface area contributed by atoms with Crippen molar-refractivity contribution in [3.8, 4) is 11.5 Å². The van der Waals surface area contributed by atoms with Crippen molar-refractivity contribution >= 4 is 27.5 Å². The molecule has 0 amide bonds. The molecule has 0 aromatic heterocycles. The molecule has 0 heterocycles. The second-order valence-corrected chi connectivity index (χ2v) is 4.96. The van der Waals surface area contributed by atoms with Gasteiger partial charge in [0.05, 0.1) is 0 Å². The molecule has 0 atom stereocenters. The van der Waals surface area contributed by atoms with Crippen molar-refractivity contribution in [2.75, 3.05) is 0 Å². The molecule has 1 nitrogen and oxygen atoms in total. The van der Waals surface area contributed by atoms with Crippen LogP contribution in [0.4, 0.5) is 0 Å². The summed E-state index contributed by atoms with van der Waals surface area (Å²) in [6.45, 7) is 2.03. The van der Waals surface area contributed by atoms with Crippen molar-refractivity contribution < 1.29 is 4.74 Å². The van der Waals surface area contributed by atoms with E-state index in [0.717, 1.165) is 27.1 Å². The maximum Gasteiger partial charge on any atom is 0.128 e. The van der Waals surface area contributed by atoms with Crippen LogP contribution in [-0.4, -0.2) is 0 Å². The third-order valence-corrected chi connectivity index (χ3v) is 3.27. The van der Waals surface area contributed by atoms with E-state index in [2.05, 4.69) is 15.9 Å². The van der Waals surface area contributed by atoms with Crippen LogP contribution >= 0.6 is 27.5 Å². The van der Waals surface area contributed by atoms with Gasteiger partial charge in [0.25, 0.3) is 0 Å². The SMILES string of the molecule is Cc1cc(Oc2cccc(Br)c2)ccc1CCl. The van der Waals surface area contributed by atoms with Crippen molar-refractivity contribution in [2.45, 2.75) is 12.8 Å². The lowest BCUT2D eigenvalue weighted by atomic mass is 10.1. The Kier molecular flexibility index (Phi) is 4.08. The summed E-state index contributed by atoms with van der Waals surface area (Å²) < 4.78 is 6.77. The van der Waals surface area contributed by atoms with E-state index >= 15 is 0 Å². The van der Waals surface area contributed by atoms with E-state index in [4.69, 9.17) is 16.3 Å². The van der Waals surface area contributed by atoms with Gasteiger partial charge >= 0.3 is 0 Å². The zero-order valence-corrected chi connectivity index (χ0v) is 11.8. The maximum absolute atomic E-state index is 5.82. The Morgan fingerprint density at radius 2 is 1.88 bits per heavy atom. The molecule has 0 N–H and O–H groups in total. The summed E-state index contributed by atoms with van der Waals surface area (Å²) in [6.07, 6.45) is 0. The van der Waals surface area contributed by atoms with E-state index in [0.29, 0.717) is 5.88 Å². The monoisotopic (exact) mass is 310 g/mol. The minimum Gasteiger partial charge on any atom is -0.457 e. The lowest BCUT2D eigenvalue weighted by Gasteiger charge is -2.08. The average molecular weight is 312 g/mol. The molecule has 0 unspecified atom stereocenters. The van der Waals surface area contributed by atoms with Gasteiger partial charge in [-0.05, 0) is 48.4 Å². The van der Waals surface area contributed by atoms with Gasteiger partial charge in [0.2, 0.25) is 0 Å². The Hall–Kier alpha value is -0.990. The van der Waals surface area contributed by atoms with Crippen LogP contribution in [-0.2, 0) is 5.88 Å². The van der Waals surface area contributed by atoms with E-state index in [-0.39, 0.29) is 0 Å². The van der Waals surface area contributed by atoms with Gasteiger partial charge in [-0.1, -0.05) is 28.1 Å². The Morgan fingerprint density at radius 3 is 2.53 bits per heavy atom. The van der Waals surface area contributed by atoms with Crippen LogP contribution in [0.5, 0.6) is 11.5 Å². The lowest BCUT2D eigenvalue weighted by Crippen LogP contribution is -1.88. The summed E-state index contributed by atoms with van der Waals surface area (Å²) in [5.41, 5.74) is 2.28. The second kappa shape index (κ2) is 5.56. The van der Waals surface area contributed by atoms with E-state index in [1.165, 1.54) is 0 Å². The van der Waals surface area contributed by atoms with Gasteiger partial charge in [-0.25, -0.2) is 0 Å². The highest BCUT2D eigenvalue weighted by Gasteiger charge is 2.01. The van der Waals surface area contributed by atoms with Crippen LogP contribution in [0.1, 0.15) is 11.1 Å². The van der Waals surface area contributed by atoms with Crippen LogP contribution in [0.2, 0.25) is 0 Å². The van der Waals surface area contributed by atoms with Crippen molar-refractivity contribution in [2.24, 2.45) is 0 Å². The molecule has 2 aromatic carbocycles. The first-order valence-corrected chi connectivity index (χ1v) is 6.60. The van der Waals surface area contributed by atoms with E-state index < -0.39 is 0 Å². The summed E-state index contributed by atoms with van der Waals surface area (Å²) >= 11 is 9.23. The van der Waals surface area contributed by atoms with Crippen molar-refractivity contribution in [1.82, 2.24) is 0 Å². The minimum atomic E-state index is 0.531. The highest BCUT2D eigenvalue weighted by molar-refractivity contribution is 9.10. The number of hydrogen-bond donors (Lipinski definition) is 0. The summed E-state index contributed by atoms with van der Waals surface area (Å²) in [5.74, 6) is 2.18. The van der Waals surface area contributed by atoms with Gasteiger partial charge in [-0.15, -0.1) is 11.6 Å². The number of alkyl halides is 1. The third kappa shape index (κ3) is 3.24. The minimum absolute atomic E-state index is 0.531. The fourth-order valence-electron chi connectivity index (χ4n) is 1.55. The maximum atomic E-state index is 5.82. The first-order valence-electron chi connectivity index (χ1n) is 5.28. The molecule has 88 valence electrons. The fourth-order valence-corrected chi connectivity index (χ4v) is 2.23. The largest absolute Gasteiger partial charge is 0.457 e. The topological polar surface area (TPSA) is 9.23 Å². The molecule has 0 aliphatic carbocycles. The van der Waals surface area contributed by atoms with Gasteiger partial charge in [-0.2, -0.15) is 0 Å². The number of halogens is 2. The third-order valence-electron chi connectivity index (χ3n) is 2.49.